The number of rotatable bonds is 7. The Morgan fingerprint density at radius 2 is 1.72 bits per heavy atom. The summed E-state index contributed by atoms with van der Waals surface area (Å²) in [4.78, 5) is 31.9. The van der Waals surface area contributed by atoms with E-state index in [4.69, 9.17) is 0 Å². The molecular weight excluding hydrogens is 457 g/mol. The molecule has 0 spiro atoms. The van der Waals surface area contributed by atoms with Gasteiger partial charge in [0.05, 0.1) is 5.69 Å². The van der Waals surface area contributed by atoms with Crippen molar-refractivity contribution < 1.29 is 14.0 Å². The molecule has 1 aliphatic rings. The minimum Gasteiger partial charge on any atom is -0.353 e. The lowest BCUT2D eigenvalue weighted by Crippen LogP contribution is -2.44. The topological polar surface area (TPSA) is 69.6 Å². The van der Waals surface area contributed by atoms with Crippen molar-refractivity contribution in [1.29, 1.82) is 0 Å². The third kappa shape index (κ3) is 6.05. The molecule has 3 aromatic rings. The molecule has 0 radical (unpaired) electrons. The number of aryl methyl sites for hydroxylation is 1. The van der Waals surface area contributed by atoms with Crippen molar-refractivity contribution in [2.75, 3.05) is 44.2 Å². The van der Waals surface area contributed by atoms with Crippen LogP contribution in [0.3, 0.4) is 0 Å². The lowest BCUT2D eigenvalue weighted by Gasteiger charge is -2.27. The zero-order valence-corrected chi connectivity index (χ0v) is 20.9. The average molecular weight is 490 g/mol. The van der Waals surface area contributed by atoms with Gasteiger partial charge in [-0.1, -0.05) is 25.1 Å². The Kier molecular flexibility index (Phi) is 8.25. The van der Waals surface area contributed by atoms with E-state index in [2.05, 4.69) is 15.1 Å². The van der Waals surface area contributed by atoms with E-state index in [0.29, 0.717) is 37.4 Å². The molecule has 0 atom stereocenters. The summed E-state index contributed by atoms with van der Waals surface area (Å²) >= 11 is 0. The fraction of sp³-hybridized carbons (Fsp3) is 0.357. The van der Waals surface area contributed by atoms with Crippen molar-refractivity contribution >= 4 is 17.6 Å². The van der Waals surface area contributed by atoms with E-state index in [1.807, 2.05) is 55.1 Å². The number of aromatic nitrogens is 2. The number of amides is 2. The molecule has 2 amide bonds. The molecule has 1 aromatic heterocycles. The summed E-state index contributed by atoms with van der Waals surface area (Å²) in [7, 11) is 0. The van der Waals surface area contributed by atoms with Crippen LogP contribution in [-0.2, 0) is 4.79 Å². The van der Waals surface area contributed by atoms with Crippen LogP contribution in [0.2, 0.25) is 0 Å². The van der Waals surface area contributed by atoms with Crippen molar-refractivity contribution in [3.63, 3.8) is 0 Å². The van der Waals surface area contributed by atoms with E-state index in [0.717, 1.165) is 36.3 Å². The second-order valence-corrected chi connectivity index (χ2v) is 9.05. The number of carbonyl (C=O) groups excluding carboxylic acids is 2. The number of benzene rings is 2. The summed E-state index contributed by atoms with van der Waals surface area (Å²) in [5.74, 6) is 0.322. The summed E-state index contributed by atoms with van der Waals surface area (Å²) in [6.07, 6.45) is 1.58. The van der Waals surface area contributed by atoms with Crippen molar-refractivity contribution in [3.8, 4) is 11.3 Å². The molecule has 0 bridgehead atoms. The first-order valence-corrected chi connectivity index (χ1v) is 12.4. The second kappa shape index (κ2) is 11.7. The summed E-state index contributed by atoms with van der Waals surface area (Å²) in [6, 6.07) is 17.4. The minimum absolute atomic E-state index is 0.0371. The third-order valence-electron chi connectivity index (χ3n) is 6.45. The zero-order chi connectivity index (χ0) is 25.5. The molecule has 1 saturated heterocycles. The maximum absolute atomic E-state index is 13.2. The summed E-state index contributed by atoms with van der Waals surface area (Å²) in [6.45, 7) is 7.12. The van der Waals surface area contributed by atoms with Crippen LogP contribution in [0, 0.1) is 12.7 Å². The van der Waals surface area contributed by atoms with E-state index in [1.54, 1.807) is 17.0 Å². The van der Waals surface area contributed by atoms with Gasteiger partial charge in [-0.15, -0.1) is 10.2 Å². The second-order valence-electron chi connectivity index (χ2n) is 9.05. The van der Waals surface area contributed by atoms with Crippen molar-refractivity contribution in [2.45, 2.75) is 26.7 Å². The van der Waals surface area contributed by atoms with Crippen LogP contribution in [0.25, 0.3) is 11.3 Å². The van der Waals surface area contributed by atoms with Gasteiger partial charge in [-0.2, -0.15) is 0 Å². The Bertz CT molecular complexity index is 1180. The standard InChI is InChI=1S/C28H32FN5O2/c1-3-15-34(28(36)24-8-5-4-7-21(24)2)20-27(35)33-17-6-16-32(18-19-33)26-14-13-25(30-31-26)22-9-11-23(29)12-10-22/h4-5,7-14H,3,6,15-20H2,1-2H3. The Labute approximate surface area is 211 Å². The summed E-state index contributed by atoms with van der Waals surface area (Å²) < 4.78 is 13.2. The highest BCUT2D eigenvalue weighted by Crippen LogP contribution is 2.20. The maximum atomic E-state index is 13.2. The number of halogens is 1. The maximum Gasteiger partial charge on any atom is 0.254 e. The van der Waals surface area contributed by atoms with Gasteiger partial charge in [0.1, 0.15) is 12.4 Å². The van der Waals surface area contributed by atoms with Gasteiger partial charge in [0, 0.05) is 43.9 Å². The van der Waals surface area contributed by atoms with Crippen molar-refractivity contribution in [3.05, 3.63) is 77.6 Å². The molecule has 0 unspecified atom stereocenters. The highest BCUT2D eigenvalue weighted by molar-refractivity contribution is 5.97. The van der Waals surface area contributed by atoms with Gasteiger partial charge >= 0.3 is 0 Å². The van der Waals surface area contributed by atoms with Crippen molar-refractivity contribution in [2.24, 2.45) is 0 Å². The Morgan fingerprint density at radius 3 is 2.42 bits per heavy atom. The van der Waals surface area contributed by atoms with E-state index < -0.39 is 0 Å². The predicted octanol–water partition coefficient (Wildman–Crippen LogP) is 4.18. The third-order valence-corrected chi connectivity index (χ3v) is 6.45. The Morgan fingerprint density at radius 1 is 0.944 bits per heavy atom. The van der Waals surface area contributed by atoms with Gasteiger partial charge in [0.15, 0.2) is 5.82 Å². The molecule has 7 nitrogen and oxygen atoms in total. The molecule has 1 fully saturated rings. The highest BCUT2D eigenvalue weighted by atomic mass is 19.1. The van der Waals surface area contributed by atoms with Gasteiger partial charge in [0.2, 0.25) is 5.91 Å². The summed E-state index contributed by atoms with van der Waals surface area (Å²) in [5.41, 5.74) is 3.04. The van der Waals surface area contributed by atoms with Gasteiger partial charge in [-0.3, -0.25) is 9.59 Å². The molecule has 4 rings (SSSR count). The summed E-state index contributed by atoms with van der Waals surface area (Å²) in [5, 5.41) is 8.69. The fourth-order valence-corrected chi connectivity index (χ4v) is 4.43. The minimum atomic E-state index is -0.288. The molecule has 36 heavy (non-hydrogen) atoms. The Hall–Kier alpha value is -3.81. The van der Waals surface area contributed by atoms with Crippen molar-refractivity contribution in [1.82, 2.24) is 20.0 Å². The highest BCUT2D eigenvalue weighted by Gasteiger charge is 2.25. The molecule has 0 N–H and O–H groups in total. The number of hydrogen-bond acceptors (Lipinski definition) is 5. The first-order valence-electron chi connectivity index (χ1n) is 12.4. The lowest BCUT2D eigenvalue weighted by molar-refractivity contribution is -0.131. The average Bonchev–Trinajstić information content (AvgIpc) is 3.15. The Balaban J connectivity index is 1.37. The number of anilines is 1. The van der Waals surface area contributed by atoms with E-state index in [1.165, 1.54) is 12.1 Å². The lowest BCUT2D eigenvalue weighted by atomic mass is 10.1. The van der Waals surface area contributed by atoms with Crippen LogP contribution in [-0.4, -0.2) is 71.1 Å². The molecule has 0 saturated carbocycles. The fourth-order valence-electron chi connectivity index (χ4n) is 4.43. The molecule has 8 heteroatoms. The largest absolute Gasteiger partial charge is 0.353 e. The number of nitrogens with zero attached hydrogens (tertiary/aromatic N) is 5. The van der Waals surface area contributed by atoms with E-state index in [9.17, 15) is 14.0 Å². The van der Waals surface area contributed by atoms with Crippen LogP contribution < -0.4 is 4.90 Å². The predicted molar refractivity (Wildman–Crippen MR) is 138 cm³/mol. The monoisotopic (exact) mass is 489 g/mol. The molecule has 2 aromatic carbocycles. The van der Waals surface area contributed by atoms with E-state index in [-0.39, 0.29) is 24.2 Å². The van der Waals surface area contributed by atoms with Crippen LogP contribution >= 0.6 is 0 Å². The molecule has 0 aliphatic carbocycles. The molecule has 2 heterocycles. The first kappa shape index (κ1) is 25.3. The van der Waals surface area contributed by atoms with Crippen LogP contribution in [0.1, 0.15) is 35.7 Å². The number of carbonyl (C=O) groups is 2. The quantitative estimate of drug-likeness (QED) is 0.498. The molecule has 1 aliphatic heterocycles. The van der Waals surface area contributed by atoms with Gasteiger partial charge in [0.25, 0.3) is 5.91 Å². The van der Waals surface area contributed by atoms with Gasteiger partial charge in [-0.05, 0) is 67.8 Å². The SMILES string of the molecule is CCCN(CC(=O)N1CCCN(c2ccc(-c3ccc(F)cc3)nn2)CC1)C(=O)c1ccccc1C. The smallest absolute Gasteiger partial charge is 0.254 e. The zero-order valence-electron chi connectivity index (χ0n) is 20.9. The van der Waals surface area contributed by atoms with Crippen LogP contribution in [0.15, 0.2) is 60.7 Å². The van der Waals surface area contributed by atoms with Gasteiger partial charge < -0.3 is 14.7 Å². The van der Waals surface area contributed by atoms with E-state index >= 15 is 0 Å². The van der Waals surface area contributed by atoms with Gasteiger partial charge in [-0.25, -0.2) is 4.39 Å². The van der Waals surface area contributed by atoms with Crippen LogP contribution in [0.4, 0.5) is 10.2 Å². The first-order chi connectivity index (χ1) is 17.5. The van der Waals surface area contributed by atoms with Crippen LogP contribution in [0.5, 0.6) is 0 Å². The molecule has 188 valence electrons. The number of hydrogen-bond donors (Lipinski definition) is 0. The normalized spacial score (nSPS) is 13.9. The molecular formula is C28H32FN5O2.